The number of carbonyl (C=O) groups excluding carboxylic acids is 2. The van der Waals surface area contributed by atoms with E-state index in [1.54, 1.807) is 20.8 Å². The topological polar surface area (TPSA) is 67.4 Å². The molecule has 0 heterocycles. The molecule has 0 saturated heterocycles. The Morgan fingerprint density at radius 1 is 1.24 bits per heavy atom. The Balaban J connectivity index is 4.06. The molecule has 0 aliphatic heterocycles. The molecular weight excluding hydrogens is 220 g/mol. The summed E-state index contributed by atoms with van der Waals surface area (Å²) in [4.78, 5) is 22.7. The first-order valence-electron chi connectivity index (χ1n) is 5.96. The van der Waals surface area contributed by atoms with Crippen LogP contribution in [0.3, 0.4) is 0 Å². The van der Waals surface area contributed by atoms with E-state index in [9.17, 15) is 9.59 Å². The van der Waals surface area contributed by atoms with Gasteiger partial charge in [0.05, 0.1) is 0 Å². The fraction of sp³-hybridized carbons (Fsp3) is 0.833. The predicted octanol–water partition coefficient (Wildman–Crippen LogP) is 2.66. The van der Waals surface area contributed by atoms with Gasteiger partial charge in [0.1, 0.15) is 5.60 Å². The first-order valence-corrected chi connectivity index (χ1v) is 5.96. The Labute approximate surface area is 103 Å². The zero-order valence-electron chi connectivity index (χ0n) is 11.6. The maximum Gasteiger partial charge on any atom is 0.415 e. The first kappa shape index (κ1) is 15.7. The summed E-state index contributed by atoms with van der Waals surface area (Å²) < 4.78 is 4.97. The molecule has 5 heteroatoms. The fourth-order valence-corrected chi connectivity index (χ4v) is 1.13. The van der Waals surface area contributed by atoms with E-state index in [0.29, 0.717) is 5.92 Å². The van der Waals surface area contributed by atoms with Crippen LogP contribution in [-0.2, 0) is 4.74 Å². The monoisotopic (exact) mass is 244 g/mol. The van der Waals surface area contributed by atoms with Crippen molar-refractivity contribution in [3.63, 3.8) is 0 Å². The van der Waals surface area contributed by atoms with Crippen LogP contribution in [0.2, 0.25) is 0 Å². The van der Waals surface area contributed by atoms with E-state index in [-0.39, 0.29) is 6.04 Å². The van der Waals surface area contributed by atoms with Gasteiger partial charge < -0.3 is 10.1 Å². The van der Waals surface area contributed by atoms with Gasteiger partial charge in [0.15, 0.2) is 0 Å². The molecule has 0 aromatic rings. The molecule has 5 nitrogen and oxygen atoms in total. The predicted molar refractivity (Wildman–Crippen MR) is 66.8 cm³/mol. The van der Waals surface area contributed by atoms with E-state index >= 15 is 0 Å². The van der Waals surface area contributed by atoms with Gasteiger partial charge in [-0.15, -0.1) is 0 Å². The number of alkyl carbamates (subject to hydrolysis) is 1. The summed E-state index contributed by atoms with van der Waals surface area (Å²) in [5.41, 5.74) is -0.604. The lowest BCUT2D eigenvalue weighted by atomic mass is 10.0. The van der Waals surface area contributed by atoms with Crippen molar-refractivity contribution < 1.29 is 14.3 Å². The van der Waals surface area contributed by atoms with Crippen molar-refractivity contribution in [1.29, 1.82) is 0 Å². The molecular formula is C12H24N2O3. The number of hydrogen-bond donors (Lipinski definition) is 2. The van der Waals surface area contributed by atoms with Crippen molar-refractivity contribution in [2.45, 2.75) is 59.6 Å². The summed E-state index contributed by atoms with van der Waals surface area (Å²) in [6.45, 7) is 11.2. The Kier molecular flexibility index (Phi) is 5.99. The first-order chi connectivity index (χ1) is 7.65. The molecule has 1 unspecified atom stereocenters. The van der Waals surface area contributed by atoms with Crippen LogP contribution in [0.1, 0.15) is 48.0 Å². The van der Waals surface area contributed by atoms with E-state index in [2.05, 4.69) is 17.6 Å². The number of amides is 3. The highest BCUT2D eigenvalue weighted by Gasteiger charge is 2.19. The van der Waals surface area contributed by atoms with Crippen molar-refractivity contribution >= 4 is 12.1 Å². The Bertz CT molecular complexity index is 271. The molecule has 0 bridgehead atoms. The molecule has 0 aromatic heterocycles. The number of carbonyl (C=O) groups is 2. The van der Waals surface area contributed by atoms with Crippen LogP contribution in [0.25, 0.3) is 0 Å². The number of rotatable bonds is 3. The molecule has 2 N–H and O–H groups in total. The van der Waals surface area contributed by atoms with E-state index < -0.39 is 17.7 Å². The normalized spacial score (nSPS) is 14.7. The number of ether oxygens (including phenoxy) is 1. The molecule has 100 valence electrons. The van der Waals surface area contributed by atoms with Gasteiger partial charge in [0.25, 0.3) is 0 Å². The standard InChI is InChI=1S/C12H24N2O3/c1-7-8(2)9(3)13-10(15)14-11(16)17-12(4,5)6/h8-9H,7H2,1-6H3,(H2,13,14,15,16)/t8?,9-/m0/s1. The number of urea groups is 1. The minimum Gasteiger partial charge on any atom is -0.443 e. The SMILES string of the molecule is CCC(C)[C@H](C)NC(=O)NC(=O)OC(C)(C)C. The van der Waals surface area contributed by atoms with Gasteiger partial charge >= 0.3 is 12.1 Å². The van der Waals surface area contributed by atoms with Gasteiger partial charge in [-0.25, -0.2) is 14.9 Å². The fourth-order valence-electron chi connectivity index (χ4n) is 1.13. The van der Waals surface area contributed by atoms with Gasteiger partial charge in [-0.05, 0) is 33.6 Å². The molecule has 0 rings (SSSR count). The Hall–Kier alpha value is -1.26. The molecule has 3 amide bonds. The van der Waals surface area contributed by atoms with Gasteiger partial charge in [-0.2, -0.15) is 0 Å². The number of hydrogen-bond acceptors (Lipinski definition) is 3. The largest absolute Gasteiger partial charge is 0.443 e. The lowest BCUT2D eigenvalue weighted by Crippen LogP contribution is -2.46. The quantitative estimate of drug-likeness (QED) is 0.802. The van der Waals surface area contributed by atoms with E-state index in [1.165, 1.54) is 0 Å². The average molecular weight is 244 g/mol. The van der Waals surface area contributed by atoms with Crippen LogP contribution in [0.5, 0.6) is 0 Å². The van der Waals surface area contributed by atoms with Crippen LogP contribution >= 0.6 is 0 Å². The van der Waals surface area contributed by atoms with Gasteiger partial charge in [-0.3, -0.25) is 0 Å². The van der Waals surface area contributed by atoms with E-state index in [4.69, 9.17) is 4.74 Å². The van der Waals surface area contributed by atoms with Crippen molar-refractivity contribution in [3.8, 4) is 0 Å². The highest BCUT2D eigenvalue weighted by Crippen LogP contribution is 2.07. The highest BCUT2D eigenvalue weighted by molar-refractivity contribution is 5.90. The van der Waals surface area contributed by atoms with Gasteiger partial charge in [-0.1, -0.05) is 20.3 Å². The average Bonchev–Trinajstić information content (AvgIpc) is 2.12. The third-order valence-electron chi connectivity index (χ3n) is 2.47. The van der Waals surface area contributed by atoms with E-state index in [0.717, 1.165) is 6.42 Å². The van der Waals surface area contributed by atoms with E-state index in [1.807, 2.05) is 13.8 Å². The molecule has 0 aliphatic rings. The smallest absolute Gasteiger partial charge is 0.415 e. The summed E-state index contributed by atoms with van der Waals surface area (Å²) in [6, 6.07) is -0.505. The molecule has 0 spiro atoms. The Morgan fingerprint density at radius 3 is 2.18 bits per heavy atom. The highest BCUT2D eigenvalue weighted by atomic mass is 16.6. The summed E-state index contributed by atoms with van der Waals surface area (Å²) in [6.07, 6.45) is 0.236. The molecule has 0 aliphatic carbocycles. The summed E-state index contributed by atoms with van der Waals surface area (Å²) in [5.74, 6) is 0.361. The third kappa shape index (κ3) is 7.60. The molecule has 0 fully saturated rings. The van der Waals surface area contributed by atoms with Crippen molar-refractivity contribution in [2.75, 3.05) is 0 Å². The lowest BCUT2D eigenvalue weighted by Gasteiger charge is -2.22. The second-order valence-corrected chi connectivity index (χ2v) is 5.27. The second-order valence-electron chi connectivity index (χ2n) is 5.27. The van der Waals surface area contributed by atoms with Crippen LogP contribution in [0, 0.1) is 5.92 Å². The number of nitrogens with one attached hydrogen (secondary N) is 2. The molecule has 0 aromatic carbocycles. The van der Waals surface area contributed by atoms with Crippen LogP contribution in [0.4, 0.5) is 9.59 Å². The molecule has 0 saturated carbocycles. The maximum absolute atomic E-state index is 11.4. The maximum atomic E-state index is 11.4. The minimum absolute atomic E-state index is 0.0161. The van der Waals surface area contributed by atoms with Gasteiger partial charge in [0.2, 0.25) is 0 Å². The Morgan fingerprint density at radius 2 is 1.76 bits per heavy atom. The van der Waals surface area contributed by atoms with Crippen molar-refractivity contribution in [3.05, 3.63) is 0 Å². The van der Waals surface area contributed by atoms with Crippen LogP contribution < -0.4 is 10.6 Å². The molecule has 0 radical (unpaired) electrons. The second kappa shape index (κ2) is 6.47. The lowest BCUT2D eigenvalue weighted by molar-refractivity contribution is 0.0546. The molecule has 2 atom stereocenters. The van der Waals surface area contributed by atoms with Crippen LogP contribution in [0.15, 0.2) is 0 Å². The number of imide groups is 1. The zero-order chi connectivity index (χ0) is 13.6. The third-order valence-corrected chi connectivity index (χ3v) is 2.47. The van der Waals surface area contributed by atoms with Crippen molar-refractivity contribution in [1.82, 2.24) is 10.6 Å². The zero-order valence-corrected chi connectivity index (χ0v) is 11.6. The van der Waals surface area contributed by atoms with Crippen molar-refractivity contribution in [2.24, 2.45) is 5.92 Å². The van der Waals surface area contributed by atoms with Crippen LogP contribution in [-0.4, -0.2) is 23.8 Å². The minimum atomic E-state index is -0.730. The summed E-state index contributed by atoms with van der Waals surface area (Å²) >= 11 is 0. The van der Waals surface area contributed by atoms with Gasteiger partial charge in [0, 0.05) is 6.04 Å². The summed E-state index contributed by atoms with van der Waals surface area (Å²) in [5, 5.41) is 4.83. The summed E-state index contributed by atoms with van der Waals surface area (Å²) in [7, 11) is 0. The molecule has 17 heavy (non-hydrogen) atoms.